The zero-order valence-electron chi connectivity index (χ0n) is 24.8. The summed E-state index contributed by atoms with van der Waals surface area (Å²) >= 11 is 0. The number of carbonyl (C=O) groups excluding carboxylic acids is 1. The Morgan fingerprint density at radius 3 is 2.56 bits per heavy atom. The molecule has 0 bridgehead atoms. The third kappa shape index (κ3) is 6.90. The van der Waals surface area contributed by atoms with Crippen molar-refractivity contribution < 1.29 is 14.3 Å². The van der Waals surface area contributed by atoms with Gasteiger partial charge in [0.2, 0.25) is 0 Å². The van der Waals surface area contributed by atoms with E-state index in [1.54, 1.807) is 30.3 Å². The molecular formula is C33H48FN3O2. The molecule has 2 fully saturated rings. The Morgan fingerprint density at radius 2 is 1.87 bits per heavy atom. The topological polar surface area (TPSA) is 47.0 Å². The molecule has 2 aliphatic heterocycles. The molecule has 214 valence electrons. The smallest absolute Gasteiger partial charge is 0.167 e. The summed E-state index contributed by atoms with van der Waals surface area (Å²) in [6.45, 7) is 12.5. The molecule has 1 N–H and O–H groups in total. The second-order valence-corrected chi connectivity index (χ2v) is 13.0. The minimum Gasteiger partial charge on any atom is -0.508 e. The van der Waals surface area contributed by atoms with Gasteiger partial charge in [0.05, 0.1) is 6.17 Å². The second kappa shape index (κ2) is 12.5. The lowest BCUT2D eigenvalue weighted by Gasteiger charge is -2.43. The maximum atomic E-state index is 14.5. The van der Waals surface area contributed by atoms with Crippen molar-refractivity contribution in [2.45, 2.75) is 77.9 Å². The number of piperidine rings is 1. The first kappa shape index (κ1) is 29.7. The van der Waals surface area contributed by atoms with E-state index in [1.807, 2.05) is 13.0 Å². The Balaban J connectivity index is 1.48. The highest BCUT2D eigenvalue weighted by Crippen LogP contribution is 2.38. The summed E-state index contributed by atoms with van der Waals surface area (Å²) in [5, 5.41) is 10.0. The highest BCUT2D eigenvalue weighted by atomic mass is 19.1. The average molecular weight is 538 g/mol. The van der Waals surface area contributed by atoms with Gasteiger partial charge in [0.15, 0.2) is 5.78 Å². The largest absolute Gasteiger partial charge is 0.508 e. The maximum Gasteiger partial charge on any atom is 0.167 e. The van der Waals surface area contributed by atoms with Gasteiger partial charge in [-0.3, -0.25) is 14.6 Å². The third-order valence-electron chi connectivity index (χ3n) is 9.08. The highest BCUT2D eigenvalue weighted by molar-refractivity contribution is 5.99. The van der Waals surface area contributed by atoms with E-state index in [4.69, 9.17) is 0 Å². The normalized spacial score (nSPS) is 23.8. The number of nitrogens with zero attached hydrogens (tertiary/aromatic N) is 3. The van der Waals surface area contributed by atoms with E-state index in [0.29, 0.717) is 29.9 Å². The quantitative estimate of drug-likeness (QED) is 0.380. The van der Waals surface area contributed by atoms with E-state index >= 15 is 0 Å². The molecule has 0 spiro atoms. The fraction of sp³-hybridized carbons (Fsp3) is 0.606. The van der Waals surface area contributed by atoms with Crippen LogP contribution in [0.1, 0.15) is 80.3 Å². The molecule has 2 unspecified atom stereocenters. The molecule has 4 atom stereocenters. The molecule has 39 heavy (non-hydrogen) atoms. The standard InChI is InChI=1S/C33H48FN3O2/c1-23-26(13-8-14-29(23)34)27-17-20-36(22-28(27)32(39)24-11-7-12-25(38)21-24)18-10-16-31(35(5)6)37-19-9-15-30(37)33(2,3)4/h7-8,11-14,21,27-28,30-31,38H,9-10,15-20,22H2,1-6H3/t27?,28?,30-,31-/m1/s1. The van der Waals surface area contributed by atoms with Gasteiger partial charge < -0.3 is 10.0 Å². The molecule has 2 heterocycles. The van der Waals surface area contributed by atoms with Crippen molar-refractivity contribution in [1.29, 1.82) is 0 Å². The van der Waals surface area contributed by atoms with Crippen molar-refractivity contribution in [3.8, 4) is 5.75 Å². The van der Waals surface area contributed by atoms with Crippen LogP contribution in [-0.4, -0.2) is 78.1 Å². The van der Waals surface area contributed by atoms with Crippen LogP contribution in [0.25, 0.3) is 0 Å². The Morgan fingerprint density at radius 1 is 1.13 bits per heavy atom. The number of likely N-dealkylation sites (tertiary alicyclic amines) is 2. The molecule has 0 aromatic heterocycles. The molecule has 2 aliphatic rings. The van der Waals surface area contributed by atoms with Gasteiger partial charge in [-0.25, -0.2) is 4.39 Å². The number of rotatable bonds is 9. The minimum atomic E-state index is -0.283. The van der Waals surface area contributed by atoms with Crippen LogP contribution < -0.4 is 0 Å². The lowest BCUT2D eigenvalue weighted by atomic mass is 9.75. The van der Waals surface area contributed by atoms with E-state index in [9.17, 15) is 14.3 Å². The van der Waals surface area contributed by atoms with Gasteiger partial charge in [-0.2, -0.15) is 0 Å². The number of halogens is 1. The van der Waals surface area contributed by atoms with Crippen LogP contribution in [0.3, 0.4) is 0 Å². The Bertz CT molecular complexity index is 1130. The van der Waals surface area contributed by atoms with Gasteiger partial charge in [0, 0.05) is 30.6 Å². The molecular weight excluding hydrogens is 489 g/mol. The Hall–Kier alpha value is -2.28. The summed E-state index contributed by atoms with van der Waals surface area (Å²) < 4.78 is 14.5. The van der Waals surface area contributed by atoms with E-state index in [2.05, 4.69) is 49.6 Å². The molecule has 2 aromatic carbocycles. The van der Waals surface area contributed by atoms with Gasteiger partial charge >= 0.3 is 0 Å². The monoisotopic (exact) mass is 537 g/mol. The number of carbonyl (C=O) groups is 1. The minimum absolute atomic E-state index is 0.0283. The van der Waals surface area contributed by atoms with Crippen molar-refractivity contribution in [2.75, 3.05) is 40.3 Å². The zero-order valence-corrected chi connectivity index (χ0v) is 24.8. The molecule has 6 heteroatoms. The number of phenolic OH excluding ortho intramolecular Hbond substituents is 1. The predicted molar refractivity (Wildman–Crippen MR) is 157 cm³/mol. The van der Waals surface area contributed by atoms with Crippen molar-refractivity contribution in [3.63, 3.8) is 0 Å². The molecule has 2 saturated heterocycles. The molecule has 4 rings (SSSR count). The molecule has 2 aromatic rings. The lowest BCUT2D eigenvalue weighted by Crippen LogP contribution is -2.51. The summed E-state index contributed by atoms with van der Waals surface area (Å²) in [7, 11) is 4.39. The summed E-state index contributed by atoms with van der Waals surface area (Å²) in [5.74, 6) is -0.422. The van der Waals surface area contributed by atoms with Crippen LogP contribution >= 0.6 is 0 Å². The number of aromatic hydroxyl groups is 1. The van der Waals surface area contributed by atoms with Crippen molar-refractivity contribution in [2.24, 2.45) is 11.3 Å². The van der Waals surface area contributed by atoms with Crippen LogP contribution in [0, 0.1) is 24.1 Å². The van der Waals surface area contributed by atoms with E-state index < -0.39 is 0 Å². The average Bonchev–Trinajstić information content (AvgIpc) is 3.38. The molecule has 0 radical (unpaired) electrons. The summed E-state index contributed by atoms with van der Waals surface area (Å²) in [5.41, 5.74) is 2.36. The number of hydrogen-bond donors (Lipinski definition) is 1. The fourth-order valence-corrected chi connectivity index (χ4v) is 7.05. The number of ketones is 1. The van der Waals surface area contributed by atoms with Crippen LogP contribution in [0.5, 0.6) is 5.75 Å². The van der Waals surface area contributed by atoms with Gasteiger partial charge in [0.25, 0.3) is 0 Å². The van der Waals surface area contributed by atoms with E-state index in [-0.39, 0.29) is 34.6 Å². The van der Waals surface area contributed by atoms with Crippen LogP contribution in [0.4, 0.5) is 4.39 Å². The lowest BCUT2D eigenvalue weighted by molar-refractivity contribution is 0.0174. The van der Waals surface area contributed by atoms with Crippen LogP contribution in [0.15, 0.2) is 42.5 Å². The first-order valence-electron chi connectivity index (χ1n) is 14.7. The first-order chi connectivity index (χ1) is 18.5. The number of hydrogen-bond acceptors (Lipinski definition) is 5. The SMILES string of the molecule is Cc1c(F)cccc1C1CCN(CCC[C@H](N(C)C)N2CCC[C@@H]2C(C)(C)C)CC1C(=O)c1cccc(O)c1. The summed E-state index contributed by atoms with van der Waals surface area (Å²) in [4.78, 5) is 21.3. The van der Waals surface area contributed by atoms with Crippen molar-refractivity contribution >= 4 is 5.78 Å². The molecule has 5 nitrogen and oxygen atoms in total. The van der Waals surface area contributed by atoms with E-state index in [0.717, 1.165) is 44.5 Å². The van der Waals surface area contributed by atoms with Gasteiger partial charge in [-0.05, 0) is 107 Å². The fourth-order valence-electron chi connectivity index (χ4n) is 7.05. The van der Waals surface area contributed by atoms with Crippen LogP contribution in [0.2, 0.25) is 0 Å². The molecule has 0 aliphatic carbocycles. The van der Waals surface area contributed by atoms with Gasteiger partial charge in [-0.1, -0.05) is 45.0 Å². The predicted octanol–water partition coefficient (Wildman–Crippen LogP) is 6.31. The second-order valence-electron chi connectivity index (χ2n) is 13.0. The van der Waals surface area contributed by atoms with Crippen molar-refractivity contribution in [3.05, 3.63) is 65.0 Å². The number of phenols is 1. The Kier molecular flexibility index (Phi) is 9.51. The maximum absolute atomic E-state index is 14.5. The molecule has 0 amide bonds. The summed E-state index contributed by atoms with van der Waals surface area (Å²) in [6.07, 6.45) is 5.90. The van der Waals surface area contributed by atoms with Crippen LogP contribution in [-0.2, 0) is 0 Å². The number of benzene rings is 2. The molecule has 0 saturated carbocycles. The zero-order chi connectivity index (χ0) is 28.3. The third-order valence-corrected chi connectivity index (χ3v) is 9.08. The Labute approximate surface area is 235 Å². The van der Waals surface area contributed by atoms with E-state index in [1.165, 1.54) is 18.9 Å². The van der Waals surface area contributed by atoms with Gasteiger partial charge in [-0.15, -0.1) is 0 Å². The highest BCUT2D eigenvalue weighted by Gasteiger charge is 2.39. The summed E-state index contributed by atoms with van der Waals surface area (Å²) in [6, 6.07) is 12.5. The van der Waals surface area contributed by atoms with Gasteiger partial charge in [0.1, 0.15) is 11.6 Å². The first-order valence-corrected chi connectivity index (χ1v) is 14.7. The number of Topliss-reactive ketones (excluding diaryl/α,β-unsaturated/α-hetero) is 1. The van der Waals surface area contributed by atoms with Crippen molar-refractivity contribution in [1.82, 2.24) is 14.7 Å².